The SMILES string of the molecule is CCCOCCCc1cnc(C)[nH]1. The molecule has 0 unspecified atom stereocenters. The Bertz CT molecular complexity index is 233. The van der Waals surface area contributed by atoms with Gasteiger partial charge in [-0.05, 0) is 26.2 Å². The molecule has 0 atom stereocenters. The van der Waals surface area contributed by atoms with Gasteiger partial charge in [-0.1, -0.05) is 6.92 Å². The van der Waals surface area contributed by atoms with Crippen molar-refractivity contribution in [3.8, 4) is 0 Å². The number of nitrogens with one attached hydrogen (secondary N) is 1. The first-order valence-electron chi connectivity index (χ1n) is 4.91. The van der Waals surface area contributed by atoms with Crippen molar-refractivity contribution in [2.75, 3.05) is 13.2 Å². The number of H-pyrrole nitrogens is 1. The molecule has 1 N–H and O–H groups in total. The molecule has 1 aromatic rings. The topological polar surface area (TPSA) is 37.9 Å². The van der Waals surface area contributed by atoms with Crippen molar-refractivity contribution >= 4 is 0 Å². The number of aromatic nitrogens is 2. The van der Waals surface area contributed by atoms with Crippen LogP contribution in [0.15, 0.2) is 6.20 Å². The van der Waals surface area contributed by atoms with Crippen LogP contribution in [0.5, 0.6) is 0 Å². The minimum Gasteiger partial charge on any atom is -0.381 e. The average molecular weight is 182 g/mol. The highest BCUT2D eigenvalue weighted by atomic mass is 16.5. The lowest BCUT2D eigenvalue weighted by Crippen LogP contribution is -1.97. The van der Waals surface area contributed by atoms with Gasteiger partial charge >= 0.3 is 0 Å². The third kappa shape index (κ3) is 4.08. The van der Waals surface area contributed by atoms with E-state index in [2.05, 4.69) is 16.9 Å². The van der Waals surface area contributed by atoms with Gasteiger partial charge in [0.15, 0.2) is 0 Å². The highest BCUT2D eigenvalue weighted by Crippen LogP contribution is 2.00. The first kappa shape index (κ1) is 10.3. The van der Waals surface area contributed by atoms with Crippen LogP contribution in [-0.2, 0) is 11.2 Å². The van der Waals surface area contributed by atoms with Crippen LogP contribution < -0.4 is 0 Å². The highest BCUT2D eigenvalue weighted by molar-refractivity contribution is 4.99. The van der Waals surface area contributed by atoms with Crippen molar-refractivity contribution in [1.29, 1.82) is 0 Å². The zero-order valence-electron chi connectivity index (χ0n) is 8.47. The Morgan fingerprint density at radius 3 is 2.92 bits per heavy atom. The quantitative estimate of drug-likeness (QED) is 0.684. The van der Waals surface area contributed by atoms with Gasteiger partial charge in [0.1, 0.15) is 5.82 Å². The lowest BCUT2D eigenvalue weighted by atomic mass is 10.2. The van der Waals surface area contributed by atoms with Crippen LogP contribution in [-0.4, -0.2) is 23.2 Å². The summed E-state index contributed by atoms with van der Waals surface area (Å²) in [5.41, 5.74) is 1.21. The molecule has 0 aromatic carbocycles. The molecule has 0 bridgehead atoms. The summed E-state index contributed by atoms with van der Waals surface area (Å²) in [5, 5.41) is 0. The molecule has 0 amide bonds. The number of aromatic amines is 1. The highest BCUT2D eigenvalue weighted by Gasteiger charge is 1.96. The van der Waals surface area contributed by atoms with Gasteiger partial charge in [0, 0.05) is 25.1 Å². The molecule has 0 aliphatic heterocycles. The van der Waals surface area contributed by atoms with Crippen LogP contribution in [0.4, 0.5) is 0 Å². The molecule has 1 aromatic heterocycles. The summed E-state index contributed by atoms with van der Waals surface area (Å²) in [5.74, 6) is 0.990. The molecule has 0 saturated carbocycles. The van der Waals surface area contributed by atoms with E-state index in [9.17, 15) is 0 Å². The normalized spacial score (nSPS) is 10.6. The Hall–Kier alpha value is -0.830. The Kier molecular flexibility index (Phi) is 4.54. The van der Waals surface area contributed by atoms with Crippen molar-refractivity contribution in [2.45, 2.75) is 33.1 Å². The fourth-order valence-corrected chi connectivity index (χ4v) is 1.21. The lowest BCUT2D eigenvalue weighted by molar-refractivity contribution is 0.132. The summed E-state index contributed by atoms with van der Waals surface area (Å²) in [4.78, 5) is 7.34. The van der Waals surface area contributed by atoms with E-state index >= 15 is 0 Å². The fourth-order valence-electron chi connectivity index (χ4n) is 1.21. The van der Waals surface area contributed by atoms with E-state index in [1.165, 1.54) is 5.69 Å². The van der Waals surface area contributed by atoms with Crippen LogP contribution in [0.1, 0.15) is 31.3 Å². The van der Waals surface area contributed by atoms with E-state index in [0.29, 0.717) is 0 Å². The first-order chi connectivity index (χ1) is 6.33. The maximum absolute atomic E-state index is 5.38. The van der Waals surface area contributed by atoms with Crippen LogP contribution in [0.2, 0.25) is 0 Å². The third-order valence-corrected chi connectivity index (χ3v) is 1.84. The van der Waals surface area contributed by atoms with Crippen LogP contribution in [0.3, 0.4) is 0 Å². The van der Waals surface area contributed by atoms with Crippen molar-refractivity contribution in [3.05, 3.63) is 17.7 Å². The van der Waals surface area contributed by atoms with Crippen LogP contribution >= 0.6 is 0 Å². The molecule has 1 rings (SSSR count). The summed E-state index contributed by atoms with van der Waals surface area (Å²) in [7, 11) is 0. The van der Waals surface area contributed by atoms with E-state index in [4.69, 9.17) is 4.74 Å². The van der Waals surface area contributed by atoms with Gasteiger partial charge in [0.05, 0.1) is 0 Å². The molecule has 0 spiro atoms. The predicted molar refractivity (Wildman–Crippen MR) is 52.8 cm³/mol. The molecule has 0 aliphatic carbocycles. The summed E-state index contributed by atoms with van der Waals surface area (Å²) in [6, 6.07) is 0. The number of aryl methyl sites for hydroxylation is 2. The fraction of sp³-hybridized carbons (Fsp3) is 0.700. The Morgan fingerprint density at radius 2 is 2.31 bits per heavy atom. The number of rotatable bonds is 6. The molecule has 0 radical (unpaired) electrons. The standard InChI is InChI=1S/C10H18N2O/c1-3-6-13-7-4-5-10-8-11-9(2)12-10/h8H,3-7H2,1-2H3,(H,11,12). The molecule has 13 heavy (non-hydrogen) atoms. The molecule has 74 valence electrons. The minimum atomic E-state index is 0.853. The summed E-state index contributed by atoms with van der Waals surface area (Å²) in [6.45, 7) is 5.82. The van der Waals surface area contributed by atoms with Crippen molar-refractivity contribution in [1.82, 2.24) is 9.97 Å². The van der Waals surface area contributed by atoms with E-state index in [1.54, 1.807) is 0 Å². The molecule has 3 nitrogen and oxygen atoms in total. The number of hydrogen-bond donors (Lipinski definition) is 1. The molecule has 0 fully saturated rings. The summed E-state index contributed by atoms with van der Waals surface area (Å²) < 4.78 is 5.38. The molecular formula is C10H18N2O. The van der Waals surface area contributed by atoms with Crippen LogP contribution in [0.25, 0.3) is 0 Å². The van der Waals surface area contributed by atoms with E-state index in [1.807, 2.05) is 13.1 Å². The maximum Gasteiger partial charge on any atom is 0.103 e. The van der Waals surface area contributed by atoms with E-state index in [-0.39, 0.29) is 0 Å². The summed E-state index contributed by atoms with van der Waals surface area (Å²) in [6.07, 6.45) is 5.10. The van der Waals surface area contributed by atoms with E-state index in [0.717, 1.165) is 38.3 Å². The smallest absolute Gasteiger partial charge is 0.103 e. The van der Waals surface area contributed by atoms with Crippen molar-refractivity contribution in [3.63, 3.8) is 0 Å². The first-order valence-corrected chi connectivity index (χ1v) is 4.91. The van der Waals surface area contributed by atoms with Crippen molar-refractivity contribution < 1.29 is 4.74 Å². The number of nitrogens with zero attached hydrogens (tertiary/aromatic N) is 1. The molecule has 0 saturated heterocycles. The van der Waals surface area contributed by atoms with Gasteiger partial charge in [-0.25, -0.2) is 4.98 Å². The van der Waals surface area contributed by atoms with Gasteiger partial charge in [-0.3, -0.25) is 0 Å². The predicted octanol–water partition coefficient (Wildman–Crippen LogP) is 2.08. The molecule has 0 aliphatic rings. The Morgan fingerprint density at radius 1 is 1.46 bits per heavy atom. The molecule has 3 heteroatoms. The Balaban J connectivity index is 2.06. The average Bonchev–Trinajstić information content (AvgIpc) is 2.51. The second-order valence-corrected chi connectivity index (χ2v) is 3.21. The second kappa shape index (κ2) is 5.75. The molecule has 1 heterocycles. The van der Waals surface area contributed by atoms with Crippen molar-refractivity contribution in [2.24, 2.45) is 0 Å². The number of imidazole rings is 1. The van der Waals surface area contributed by atoms with Gasteiger partial charge in [-0.2, -0.15) is 0 Å². The number of hydrogen-bond acceptors (Lipinski definition) is 2. The van der Waals surface area contributed by atoms with Gasteiger partial charge < -0.3 is 9.72 Å². The second-order valence-electron chi connectivity index (χ2n) is 3.21. The minimum absolute atomic E-state index is 0.853. The summed E-state index contributed by atoms with van der Waals surface area (Å²) >= 11 is 0. The van der Waals surface area contributed by atoms with Gasteiger partial charge in [-0.15, -0.1) is 0 Å². The number of ether oxygens (including phenoxy) is 1. The maximum atomic E-state index is 5.38. The van der Waals surface area contributed by atoms with Gasteiger partial charge in [0.25, 0.3) is 0 Å². The van der Waals surface area contributed by atoms with E-state index < -0.39 is 0 Å². The third-order valence-electron chi connectivity index (χ3n) is 1.84. The Labute approximate surface area is 79.5 Å². The van der Waals surface area contributed by atoms with Gasteiger partial charge in [0.2, 0.25) is 0 Å². The molecular weight excluding hydrogens is 164 g/mol. The lowest BCUT2D eigenvalue weighted by Gasteiger charge is -2.00. The van der Waals surface area contributed by atoms with Crippen LogP contribution in [0, 0.1) is 6.92 Å². The zero-order chi connectivity index (χ0) is 9.52. The monoisotopic (exact) mass is 182 g/mol. The zero-order valence-corrected chi connectivity index (χ0v) is 8.47. The largest absolute Gasteiger partial charge is 0.381 e.